The Kier molecular flexibility index (Phi) is 254. The maximum absolute atomic E-state index is 8.24. The van der Waals surface area contributed by atoms with Crippen LogP contribution in [0.15, 0.2) is 0 Å². The van der Waals surface area contributed by atoms with Gasteiger partial charge in [-0.15, -0.1) is 0 Å². The van der Waals surface area contributed by atoms with Gasteiger partial charge in [0, 0.05) is 0 Å². The summed E-state index contributed by atoms with van der Waals surface area (Å²) in [6, 6.07) is 0. The van der Waals surface area contributed by atoms with Gasteiger partial charge in [0.2, 0.25) is 0 Å². The summed E-state index contributed by atoms with van der Waals surface area (Å²) in [5.41, 5.74) is 0. The number of aliphatic hydroxyl groups excluding tert-OH is 1. The van der Waals surface area contributed by atoms with Crippen LogP contribution in [0.4, 0.5) is 0 Å². The molecule has 0 bridgehead atoms. The minimum atomic E-state index is 0. The van der Waals surface area contributed by atoms with Crippen molar-refractivity contribution >= 4 is 6.47 Å². The molecule has 0 atom stereocenters. The van der Waals surface area contributed by atoms with E-state index in [2.05, 4.69) is 5.90 Å². The molecule has 6 heavy (non-hydrogen) atoms. The Labute approximate surface area is 45.4 Å². The second-order valence-electron chi connectivity index (χ2n) is 0.0913. The molecule has 4 nitrogen and oxygen atoms in total. The van der Waals surface area contributed by atoms with Crippen molar-refractivity contribution in [2.45, 2.75) is 0 Å². The van der Waals surface area contributed by atoms with Gasteiger partial charge in [0.15, 0.2) is 0 Å². The van der Waals surface area contributed by atoms with Crippen molar-refractivity contribution < 1.29 is 32.2 Å². The Morgan fingerprint density at radius 2 is 1.50 bits per heavy atom. The topological polar surface area (TPSA) is 83.5 Å². The van der Waals surface area contributed by atoms with Crippen LogP contribution in [-0.4, -0.2) is 16.8 Å². The van der Waals surface area contributed by atoms with Crippen LogP contribution in [-0.2, 0) is 21.9 Å². The van der Waals surface area contributed by atoms with Crippen molar-refractivity contribution in [2.24, 2.45) is 5.90 Å². The molecule has 0 aromatic rings. The predicted octanol–water partition coefficient (Wildman–Crippen LogP) is -1.06. The Balaban J connectivity index is -0.0000000275. The smallest absolute Gasteiger partial charge is 0.665 e. The van der Waals surface area contributed by atoms with Crippen molar-refractivity contribution in [3.8, 4) is 0 Å². The zero-order valence-corrected chi connectivity index (χ0v) is 3.62. The zero-order chi connectivity index (χ0) is 4.71. The maximum Gasteiger partial charge on any atom is 1.00 e. The third-order valence-corrected chi connectivity index (χ3v) is 0. The second kappa shape index (κ2) is 90.7. The van der Waals surface area contributed by atoms with E-state index in [4.69, 9.17) is 15.1 Å². The van der Waals surface area contributed by atoms with E-state index in [0.29, 0.717) is 6.47 Å². The largest absolute Gasteiger partial charge is 1.00 e. The van der Waals surface area contributed by atoms with Crippen molar-refractivity contribution in [1.82, 2.24) is 0 Å². The summed E-state index contributed by atoms with van der Waals surface area (Å²) in [4.78, 5) is 8.24. The zero-order valence-electron chi connectivity index (χ0n) is 2.68. The van der Waals surface area contributed by atoms with Crippen LogP contribution in [0.5, 0.6) is 0 Å². The molecule has 0 rings (SSSR count). The number of nitrogens with two attached hydrogens (primary N) is 1. The monoisotopic (exact) mass is 141 g/mol. The molecule has 0 spiro atoms. The molecule has 0 aliphatic carbocycles. The van der Waals surface area contributed by atoms with E-state index in [-0.39, 0.29) is 17.1 Å². The molecule has 0 saturated carbocycles. The van der Waals surface area contributed by atoms with Gasteiger partial charge >= 0.3 is 17.1 Å². The minimum absolute atomic E-state index is 0. The molecule has 42 valence electrons. The molecule has 0 amide bonds. The molecule has 0 aliphatic heterocycles. The van der Waals surface area contributed by atoms with Gasteiger partial charge in [0.25, 0.3) is 0 Å². The fourth-order valence-corrected chi connectivity index (χ4v) is 0. The molecule has 0 radical (unpaired) electrons. The molecule has 0 heterocycles. The summed E-state index contributed by atoms with van der Waals surface area (Å²) in [5.74, 6) is 3.50. The van der Waals surface area contributed by atoms with Crippen LogP contribution in [0, 0.1) is 0 Å². The summed E-state index contributed by atoms with van der Waals surface area (Å²) >= 11 is 0. The van der Waals surface area contributed by atoms with Crippen molar-refractivity contribution in [3.63, 3.8) is 0 Å². The van der Waals surface area contributed by atoms with Crippen LogP contribution >= 0.6 is 0 Å². The molecule has 0 saturated heterocycles. The second-order valence-corrected chi connectivity index (χ2v) is 0.0913. The van der Waals surface area contributed by atoms with Gasteiger partial charge in [-0.2, -0.15) is 0 Å². The van der Waals surface area contributed by atoms with Gasteiger partial charge in [0.05, 0.1) is 0 Å². The van der Waals surface area contributed by atoms with Crippen LogP contribution in [0.3, 0.4) is 0 Å². The summed E-state index contributed by atoms with van der Waals surface area (Å²) in [5, 5.41) is 13.3. The summed E-state index contributed by atoms with van der Waals surface area (Å²) in [7, 11) is 0. The fourth-order valence-electron chi connectivity index (χ4n) is 0. The third-order valence-electron chi connectivity index (χ3n) is 0. The molecular formula is CH4CuNO3. The molecule has 4 N–H and O–H groups in total. The SMILES string of the molecule is NO.O=[C-]O.[Cu+]. The number of hydrogen-bond acceptors (Lipinski definition) is 3. The van der Waals surface area contributed by atoms with E-state index in [1.54, 1.807) is 0 Å². The van der Waals surface area contributed by atoms with Crippen molar-refractivity contribution in [2.75, 3.05) is 0 Å². The van der Waals surface area contributed by atoms with E-state index in [0.717, 1.165) is 0 Å². The summed E-state index contributed by atoms with van der Waals surface area (Å²) < 4.78 is 0. The number of rotatable bonds is 0. The first kappa shape index (κ1) is 16.8. The predicted molar refractivity (Wildman–Crippen MR) is 14.3 cm³/mol. The molecule has 5 heteroatoms. The summed E-state index contributed by atoms with van der Waals surface area (Å²) in [6.07, 6.45) is 0. The normalized spacial score (nSPS) is 3.00. The van der Waals surface area contributed by atoms with E-state index in [1.807, 2.05) is 0 Å². The van der Waals surface area contributed by atoms with Crippen LogP contribution in [0.25, 0.3) is 0 Å². The molecule has 0 unspecified atom stereocenters. The average molecular weight is 142 g/mol. The minimum Gasteiger partial charge on any atom is -0.665 e. The van der Waals surface area contributed by atoms with Crippen molar-refractivity contribution in [1.29, 1.82) is 0 Å². The quantitative estimate of drug-likeness (QED) is 0.228. The number of hydrogen-bond donors (Lipinski definition) is 3. The Bertz CT molecular complexity index is 18.3. The maximum atomic E-state index is 8.24. The molecule has 0 aromatic carbocycles. The third kappa shape index (κ3) is 4040. The fraction of sp³-hybridized carbons (Fsp3) is 0. The van der Waals surface area contributed by atoms with E-state index >= 15 is 0 Å². The van der Waals surface area contributed by atoms with E-state index in [1.165, 1.54) is 0 Å². The molecular weight excluding hydrogens is 138 g/mol. The molecule has 0 aliphatic rings. The van der Waals surface area contributed by atoms with Gasteiger partial charge in [-0.25, -0.2) is 5.90 Å². The van der Waals surface area contributed by atoms with Gasteiger partial charge in [-0.05, 0) is 0 Å². The van der Waals surface area contributed by atoms with Gasteiger partial charge in [-0.3, -0.25) is 0 Å². The first-order valence-corrected chi connectivity index (χ1v) is 0.686. The Morgan fingerprint density at radius 1 is 1.50 bits per heavy atom. The first-order chi connectivity index (χ1) is 2.41. The summed E-state index contributed by atoms with van der Waals surface area (Å²) in [6.45, 7) is 0.500. The molecule has 0 aromatic heterocycles. The van der Waals surface area contributed by atoms with Gasteiger partial charge in [0.1, 0.15) is 0 Å². The Hall–Kier alpha value is -0.0905. The van der Waals surface area contributed by atoms with E-state index in [9.17, 15) is 0 Å². The van der Waals surface area contributed by atoms with Gasteiger partial charge in [-0.1, -0.05) is 6.47 Å². The van der Waals surface area contributed by atoms with Crippen LogP contribution in [0.1, 0.15) is 0 Å². The van der Waals surface area contributed by atoms with Gasteiger partial charge < -0.3 is 15.1 Å². The standard InChI is InChI=1S/CHO2.Cu.H3NO/c2-1-3;;1-2/h(H,2,3);;2H,1H2/q-1;+1;. The van der Waals surface area contributed by atoms with E-state index < -0.39 is 0 Å². The van der Waals surface area contributed by atoms with Crippen LogP contribution in [0.2, 0.25) is 0 Å². The van der Waals surface area contributed by atoms with Crippen LogP contribution < -0.4 is 5.90 Å². The van der Waals surface area contributed by atoms with Crippen molar-refractivity contribution in [3.05, 3.63) is 0 Å². The first-order valence-electron chi connectivity index (χ1n) is 0.686. The average Bonchev–Trinajstić information content (AvgIpc) is 1.46. The molecule has 0 fully saturated rings. The Morgan fingerprint density at radius 3 is 1.50 bits per heavy atom.